The topological polar surface area (TPSA) is 58.8 Å². The first kappa shape index (κ1) is 13.3. The van der Waals surface area contributed by atoms with Gasteiger partial charge in [-0.1, -0.05) is 0 Å². The van der Waals surface area contributed by atoms with E-state index >= 15 is 0 Å². The average molecular weight is 269 g/mol. The Morgan fingerprint density at radius 1 is 1.61 bits per heavy atom. The number of methoxy groups -OCH3 is 1. The van der Waals surface area contributed by atoms with E-state index in [-0.39, 0.29) is 11.9 Å². The van der Waals surface area contributed by atoms with Crippen LogP contribution in [0.25, 0.3) is 0 Å². The first-order chi connectivity index (χ1) is 8.65. The Labute approximate surface area is 111 Å². The largest absolute Gasteiger partial charge is 0.496 e. The van der Waals surface area contributed by atoms with Crippen molar-refractivity contribution >= 4 is 17.2 Å². The highest BCUT2D eigenvalue weighted by molar-refractivity contribution is 7.12. The first-order valence-corrected chi connectivity index (χ1v) is 6.85. The van der Waals surface area contributed by atoms with Crippen LogP contribution in [0.2, 0.25) is 0 Å². The van der Waals surface area contributed by atoms with Gasteiger partial charge in [0.05, 0.1) is 18.0 Å². The second kappa shape index (κ2) is 5.69. The van der Waals surface area contributed by atoms with Crippen molar-refractivity contribution in [3.8, 4) is 5.75 Å². The van der Waals surface area contributed by atoms with E-state index in [1.165, 1.54) is 11.3 Å². The highest BCUT2D eigenvalue weighted by atomic mass is 32.1. The molecule has 1 amide bonds. The van der Waals surface area contributed by atoms with Gasteiger partial charge in [-0.15, -0.1) is 11.3 Å². The van der Waals surface area contributed by atoms with Gasteiger partial charge in [-0.25, -0.2) is 0 Å². The molecule has 2 N–H and O–H groups in total. The Morgan fingerprint density at radius 3 is 3.00 bits per heavy atom. The molecule has 1 aromatic rings. The highest BCUT2D eigenvalue weighted by Crippen LogP contribution is 2.23. The van der Waals surface area contributed by atoms with E-state index in [1.807, 2.05) is 10.3 Å². The van der Waals surface area contributed by atoms with Gasteiger partial charge in [-0.05, 0) is 7.05 Å². The molecule has 0 saturated carbocycles. The predicted molar refractivity (Wildman–Crippen MR) is 72.2 cm³/mol. The fourth-order valence-electron chi connectivity index (χ4n) is 2.16. The molecule has 1 unspecified atom stereocenters. The molecule has 1 aromatic heterocycles. The van der Waals surface area contributed by atoms with Crippen molar-refractivity contribution in [3.05, 3.63) is 16.3 Å². The van der Waals surface area contributed by atoms with E-state index in [0.29, 0.717) is 6.54 Å². The lowest BCUT2D eigenvalue weighted by molar-refractivity contribution is 0.0520. The molecule has 0 aliphatic carbocycles. The van der Waals surface area contributed by atoms with E-state index in [0.717, 1.165) is 30.3 Å². The molecule has 18 heavy (non-hydrogen) atoms. The fourth-order valence-corrected chi connectivity index (χ4v) is 2.97. The third kappa shape index (κ3) is 2.66. The normalized spacial score (nSPS) is 21.1. The molecule has 1 fully saturated rings. The number of hydrogen-bond donors (Lipinski definition) is 1. The summed E-state index contributed by atoms with van der Waals surface area (Å²) in [5.41, 5.74) is 5.76. The van der Waals surface area contributed by atoms with Gasteiger partial charge in [0.25, 0.3) is 5.91 Å². The van der Waals surface area contributed by atoms with Gasteiger partial charge in [0, 0.05) is 37.6 Å². The molecule has 1 aliphatic heterocycles. The Balaban J connectivity index is 2.11. The van der Waals surface area contributed by atoms with Crippen LogP contribution in [0.15, 0.2) is 11.4 Å². The van der Waals surface area contributed by atoms with Crippen LogP contribution in [-0.2, 0) is 0 Å². The molecule has 0 bridgehead atoms. The second-order valence-corrected chi connectivity index (χ2v) is 5.41. The van der Waals surface area contributed by atoms with E-state index in [2.05, 4.69) is 11.9 Å². The molecular weight excluding hydrogens is 250 g/mol. The van der Waals surface area contributed by atoms with E-state index in [9.17, 15) is 4.79 Å². The molecule has 2 rings (SSSR count). The molecule has 2 heterocycles. The van der Waals surface area contributed by atoms with Crippen LogP contribution in [0.5, 0.6) is 5.75 Å². The zero-order valence-electron chi connectivity index (χ0n) is 10.8. The van der Waals surface area contributed by atoms with Crippen molar-refractivity contribution in [2.24, 2.45) is 5.73 Å². The predicted octanol–water partition coefficient (Wildman–Crippen LogP) is 0.472. The lowest BCUT2D eigenvalue weighted by Crippen LogP contribution is -2.56. The van der Waals surface area contributed by atoms with Gasteiger partial charge < -0.3 is 20.3 Å². The molecule has 5 nitrogen and oxygen atoms in total. The summed E-state index contributed by atoms with van der Waals surface area (Å²) in [5.74, 6) is 0.800. The number of nitrogens with two attached hydrogens (primary N) is 1. The third-order valence-corrected chi connectivity index (χ3v) is 4.14. The maximum Gasteiger partial charge on any atom is 0.264 e. The van der Waals surface area contributed by atoms with Crippen molar-refractivity contribution in [2.75, 3.05) is 40.3 Å². The van der Waals surface area contributed by atoms with Crippen LogP contribution >= 0.6 is 11.3 Å². The second-order valence-electron chi connectivity index (χ2n) is 4.50. The van der Waals surface area contributed by atoms with Gasteiger partial charge in [-0.3, -0.25) is 4.79 Å². The smallest absolute Gasteiger partial charge is 0.264 e. The molecule has 6 heteroatoms. The number of ether oxygens (including phenoxy) is 1. The minimum absolute atomic E-state index is 0.0619. The molecule has 0 aromatic carbocycles. The van der Waals surface area contributed by atoms with Crippen molar-refractivity contribution in [3.63, 3.8) is 0 Å². The number of thiophene rings is 1. The summed E-state index contributed by atoms with van der Waals surface area (Å²) < 4.78 is 5.11. The monoisotopic (exact) mass is 269 g/mol. The number of hydrogen-bond acceptors (Lipinski definition) is 5. The lowest BCUT2D eigenvalue weighted by Gasteiger charge is -2.39. The third-order valence-electron chi connectivity index (χ3n) is 3.24. The maximum atomic E-state index is 12.4. The highest BCUT2D eigenvalue weighted by Gasteiger charge is 2.29. The van der Waals surface area contributed by atoms with Crippen LogP contribution in [0, 0.1) is 0 Å². The standard InChI is InChI=1S/C12H19N3O2S/c1-14-3-4-15(9(6-13)7-14)12(16)11-5-10(17-2)8-18-11/h5,8-9H,3-4,6-7,13H2,1-2H3. The summed E-state index contributed by atoms with van der Waals surface area (Å²) in [6.45, 7) is 2.96. The Hall–Kier alpha value is -1.11. The number of piperazine rings is 1. The summed E-state index contributed by atoms with van der Waals surface area (Å²) in [5, 5.41) is 1.85. The lowest BCUT2D eigenvalue weighted by atomic mass is 10.1. The van der Waals surface area contributed by atoms with Gasteiger partial charge >= 0.3 is 0 Å². The number of likely N-dealkylation sites (N-methyl/N-ethyl adjacent to an activating group) is 1. The molecule has 0 radical (unpaired) electrons. The van der Waals surface area contributed by atoms with E-state index in [1.54, 1.807) is 13.2 Å². The van der Waals surface area contributed by atoms with Crippen LogP contribution in [-0.4, -0.2) is 62.1 Å². The summed E-state index contributed by atoms with van der Waals surface area (Å²) in [4.78, 5) is 17.2. The molecular formula is C12H19N3O2S. The average Bonchev–Trinajstić information content (AvgIpc) is 2.86. The fraction of sp³-hybridized carbons (Fsp3) is 0.583. The van der Waals surface area contributed by atoms with E-state index < -0.39 is 0 Å². The molecule has 1 aliphatic rings. The number of carbonyl (C=O) groups excluding carboxylic acids is 1. The SMILES string of the molecule is COc1csc(C(=O)N2CCN(C)CC2CN)c1. The van der Waals surface area contributed by atoms with Gasteiger partial charge in [0.15, 0.2) is 0 Å². The van der Waals surface area contributed by atoms with Crippen LogP contribution in [0.4, 0.5) is 0 Å². The van der Waals surface area contributed by atoms with E-state index in [4.69, 9.17) is 10.5 Å². The van der Waals surface area contributed by atoms with Gasteiger partial charge in [0.2, 0.25) is 0 Å². The summed E-state index contributed by atoms with van der Waals surface area (Å²) in [6, 6.07) is 1.89. The van der Waals surface area contributed by atoms with Gasteiger partial charge in [-0.2, -0.15) is 0 Å². The van der Waals surface area contributed by atoms with Crippen molar-refractivity contribution in [1.82, 2.24) is 9.80 Å². The number of amides is 1. The zero-order valence-corrected chi connectivity index (χ0v) is 11.6. The minimum atomic E-state index is 0.0619. The van der Waals surface area contributed by atoms with Gasteiger partial charge in [0.1, 0.15) is 5.75 Å². The molecule has 0 spiro atoms. The van der Waals surface area contributed by atoms with Crippen molar-refractivity contribution < 1.29 is 9.53 Å². The Kier molecular flexibility index (Phi) is 4.21. The number of rotatable bonds is 3. The number of nitrogens with zero attached hydrogens (tertiary/aromatic N) is 2. The zero-order chi connectivity index (χ0) is 13.1. The summed E-state index contributed by atoms with van der Waals surface area (Å²) in [7, 11) is 3.66. The summed E-state index contributed by atoms with van der Waals surface area (Å²) in [6.07, 6.45) is 0. The summed E-state index contributed by atoms with van der Waals surface area (Å²) >= 11 is 1.42. The molecule has 1 saturated heterocycles. The van der Waals surface area contributed by atoms with Crippen LogP contribution < -0.4 is 10.5 Å². The minimum Gasteiger partial charge on any atom is -0.496 e. The molecule has 1 atom stereocenters. The quantitative estimate of drug-likeness (QED) is 0.866. The Bertz CT molecular complexity index is 421. The van der Waals surface area contributed by atoms with Crippen molar-refractivity contribution in [2.45, 2.75) is 6.04 Å². The number of carbonyl (C=O) groups is 1. The Morgan fingerprint density at radius 2 is 2.39 bits per heavy atom. The van der Waals surface area contributed by atoms with Crippen molar-refractivity contribution in [1.29, 1.82) is 0 Å². The van der Waals surface area contributed by atoms with Crippen LogP contribution in [0.1, 0.15) is 9.67 Å². The maximum absolute atomic E-state index is 12.4. The molecule has 100 valence electrons. The first-order valence-electron chi connectivity index (χ1n) is 5.97. The van der Waals surface area contributed by atoms with Crippen LogP contribution in [0.3, 0.4) is 0 Å².